The van der Waals surface area contributed by atoms with Crippen molar-refractivity contribution in [1.82, 2.24) is 20.2 Å². The van der Waals surface area contributed by atoms with Crippen molar-refractivity contribution in [3.63, 3.8) is 0 Å². The molecule has 2 aromatic rings. The zero-order chi connectivity index (χ0) is 17.3. The number of allylic oxidation sites excluding steroid dienone is 1. The van der Waals surface area contributed by atoms with E-state index in [2.05, 4.69) is 39.7 Å². The highest BCUT2D eigenvalue weighted by Crippen LogP contribution is 2.51. The lowest BCUT2D eigenvalue weighted by molar-refractivity contribution is 0.353. The SMILES string of the molecule is C=C(C)c1nnc(-c2cnc(OC)nc2OC)cc1[C@H]1C[C@@H]1CC. The summed E-state index contributed by atoms with van der Waals surface area (Å²) in [6, 6.07) is 2.33. The van der Waals surface area contributed by atoms with E-state index in [0.717, 1.165) is 11.3 Å². The van der Waals surface area contributed by atoms with Crippen LogP contribution in [0.25, 0.3) is 16.8 Å². The Hall–Kier alpha value is -2.50. The van der Waals surface area contributed by atoms with Gasteiger partial charge in [0.25, 0.3) is 0 Å². The molecule has 1 saturated carbocycles. The molecular formula is C18H22N4O2. The molecule has 0 N–H and O–H groups in total. The van der Waals surface area contributed by atoms with E-state index in [9.17, 15) is 0 Å². The quantitative estimate of drug-likeness (QED) is 0.809. The maximum absolute atomic E-state index is 5.36. The van der Waals surface area contributed by atoms with Gasteiger partial charge in [-0.3, -0.25) is 0 Å². The molecule has 0 spiro atoms. The van der Waals surface area contributed by atoms with Crippen molar-refractivity contribution in [2.75, 3.05) is 14.2 Å². The lowest BCUT2D eigenvalue weighted by atomic mass is 10.0. The second kappa shape index (κ2) is 6.55. The van der Waals surface area contributed by atoms with E-state index < -0.39 is 0 Å². The summed E-state index contributed by atoms with van der Waals surface area (Å²) >= 11 is 0. The number of ether oxygens (including phenoxy) is 2. The Labute approximate surface area is 142 Å². The third-order valence-electron chi connectivity index (χ3n) is 4.46. The molecule has 2 aromatic heterocycles. The molecule has 2 heterocycles. The van der Waals surface area contributed by atoms with E-state index in [1.807, 2.05) is 6.92 Å². The monoisotopic (exact) mass is 326 g/mol. The molecule has 126 valence electrons. The maximum atomic E-state index is 5.36. The van der Waals surface area contributed by atoms with E-state index in [0.29, 0.717) is 29.0 Å². The van der Waals surface area contributed by atoms with Crippen molar-refractivity contribution in [1.29, 1.82) is 0 Å². The summed E-state index contributed by atoms with van der Waals surface area (Å²) in [7, 11) is 3.09. The van der Waals surface area contributed by atoms with E-state index in [1.165, 1.54) is 25.5 Å². The normalized spacial score (nSPS) is 19.0. The second-order valence-corrected chi connectivity index (χ2v) is 6.10. The smallest absolute Gasteiger partial charge is 0.319 e. The van der Waals surface area contributed by atoms with Gasteiger partial charge in [0.15, 0.2) is 0 Å². The fourth-order valence-electron chi connectivity index (χ4n) is 3.01. The first kappa shape index (κ1) is 16.4. The van der Waals surface area contributed by atoms with Crippen LogP contribution in [-0.2, 0) is 0 Å². The van der Waals surface area contributed by atoms with Crippen LogP contribution in [0.3, 0.4) is 0 Å². The molecule has 0 aromatic carbocycles. The standard InChI is InChI=1S/C18H22N4O2/c1-6-11-7-12(11)13-8-15(21-22-16(13)10(2)3)14-9-19-18(24-5)20-17(14)23-4/h8-9,11-12H,2,6-7H2,1,3-5H3/t11-,12-/m0/s1. The number of nitrogens with zero attached hydrogens (tertiary/aromatic N) is 4. The first-order chi connectivity index (χ1) is 11.6. The van der Waals surface area contributed by atoms with Crippen molar-refractivity contribution in [3.8, 4) is 23.1 Å². The van der Waals surface area contributed by atoms with E-state index >= 15 is 0 Å². The number of hydrogen-bond acceptors (Lipinski definition) is 6. The van der Waals surface area contributed by atoms with Crippen LogP contribution in [-0.4, -0.2) is 34.4 Å². The van der Waals surface area contributed by atoms with Crippen molar-refractivity contribution in [2.45, 2.75) is 32.6 Å². The number of methoxy groups -OCH3 is 2. The average molecular weight is 326 g/mol. The zero-order valence-electron chi connectivity index (χ0n) is 14.5. The third kappa shape index (κ3) is 2.96. The maximum Gasteiger partial charge on any atom is 0.319 e. The molecule has 24 heavy (non-hydrogen) atoms. The minimum atomic E-state index is 0.260. The number of hydrogen-bond donors (Lipinski definition) is 0. The van der Waals surface area contributed by atoms with Crippen molar-refractivity contribution in [3.05, 3.63) is 30.1 Å². The predicted octanol–water partition coefficient (Wildman–Crippen LogP) is 3.50. The summed E-state index contributed by atoms with van der Waals surface area (Å²) in [5.74, 6) is 1.67. The molecule has 0 radical (unpaired) electrons. The Morgan fingerprint density at radius 2 is 2.08 bits per heavy atom. The Balaban J connectivity index is 2.06. The molecule has 2 atom stereocenters. The van der Waals surface area contributed by atoms with Gasteiger partial charge in [0.05, 0.1) is 25.5 Å². The molecular weight excluding hydrogens is 304 g/mol. The van der Waals surface area contributed by atoms with Crippen LogP contribution in [0.5, 0.6) is 11.9 Å². The highest BCUT2D eigenvalue weighted by atomic mass is 16.5. The van der Waals surface area contributed by atoms with Crippen molar-refractivity contribution >= 4 is 5.57 Å². The number of rotatable bonds is 6. The summed E-state index contributed by atoms with van der Waals surface area (Å²) in [4.78, 5) is 8.39. The van der Waals surface area contributed by atoms with Gasteiger partial charge < -0.3 is 9.47 Å². The third-order valence-corrected chi connectivity index (χ3v) is 4.46. The minimum absolute atomic E-state index is 0.260. The van der Waals surface area contributed by atoms with Crippen LogP contribution in [0.15, 0.2) is 18.8 Å². The molecule has 3 rings (SSSR count). The van der Waals surface area contributed by atoms with Crippen LogP contribution >= 0.6 is 0 Å². The van der Waals surface area contributed by atoms with Crippen LogP contribution in [0.2, 0.25) is 0 Å². The second-order valence-electron chi connectivity index (χ2n) is 6.10. The van der Waals surface area contributed by atoms with Gasteiger partial charge in [-0.15, -0.1) is 10.2 Å². The van der Waals surface area contributed by atoms with Crippen molar-refractivity contribution in [2.24, 2.45) is 5.92 Å². The Kier molecular flexibility index (Phi) is 4.46. The lowest BCUT2D eigenvalue weighted by Crippen LogP contribution is -2.03. The predicted molar refractivity (Wildman–Crippen MR) is 92.0 cm³/mol. The summed E-state index contributed by atoms with van der Waals surface area (Å²) in [5, 5.41) is 8.75. The fraction of sp³-hybridized carbons (Fsp3) is 0.444. The minimum Gasteiger partial charge on any atom is -0.480 e. The molecule has 6 heteroatoms. The molecule has 6 nitrogen and oxygen atoms in total. The summed E-state index contributed by atoms with van der Waals surface area (Å²) in [6.07, 6.45) is 4.02. The lowest BCUT2D eigenvalue weighted by Gasteiger charge is -2.11. The molecule has 0 unspecified atom stereocenters. The molecule has 1 aliphatic rings. The van der Waals surface area contributed by atoms with Crippen LogP contribution < -0.4 is 9.47 Å². The molecule has 0 saturated heterocycles. The van der Waals surface area contributed by atoms with E-state index in [1.54, 1.807) is 13.3 Å². The van der Waals surface area contributed by atoms with Crippen LogP contribution in [0, 0.1) is 5.92 Å². The van der Waals surface area contributed by atoms with Gasteiger partial charge in [0.2, 0.25) is 5.88 Å². The Morgan fingerprint density at radius 3 is 2.67 bits per heavy atom. The van der Waals surface area contributed by atoms with Gasteiger partial charge in [-0.2, -0.15) is 4.98 Å². The molecule has 1 aliphatic carbocycles. The van der Waals surface area contributed by atoms with Crippen molar-refractivity contribution < 1.29 is 9.47 Å². The van der Waals surface area contributed by atoms with Gasteiger partial charge in [-0.05, 0) is 42.4 Å². The average Bonchev–Trinajstić information content (AvgIpc) is 3.40. The molecule has 0 aliphatic heterocycles. The fourth-order valence-corrected chi connectivity index (χ4v) is 3.01. The summed E-state index contributed by atoms with van der Waals surface area (Å²) < 4.78 is 10.4. The van der Waals surface area contributed by atoms with Gasteiger partial charge in [0, 0.05) is 6.20 Å². The van der Waals surface area contributed by atoms with Gasteiger partial charge in [-0.1, -0.05) is 19.9 Å². The van der Waals surface area contributed by atoms with Crippen LogP contribution in [0.4, 0.5) is 0 Å². The summed E-state index contributed by atoms with van der Waals surface area (Å²) in [6.45, 7) is 8.23. The largest absolute Gasteiger partial charge is 0.480 e. The van der Waals surface area contributed by atoms with E-state index in [-0.39, 0.29) is 6.01 Å². The zero-order valence-corrected chi connectivity index (χ0v) is 14.5. The first-order valence-corrected chi connectivity index (χ1v) is 8.07. The molecule has 0 amide bonds. The van der Waals surface area contributed by atoms with E-state index in [4.69, 9.17) is 9.47 Å². The Bertz CT molecular complexity index is 776. The van der Waals surface area contributed by atoms with Gasteiger partial charge in [-0.25, -0.2) is 4.98 Å². The van der Waals surface area contributed by atoms with Crippen LogP contribution in [0.1, 0.15) is 43.9 Å². The number of aromatic nitrogens is 4. The molecule has 0 bridgehead atoms. The highest BCUT2D eigenvalue weighted by molar-refractivity contribution is 5.69. The topological polar surface area (TPSA) is 70.0 Å². The summed E-state index contributed by atoms with van der Waals surface area (Å²) in [5.41, 5.74) is 4.44. The van der Waals surface area contributed by atoms with Gasteiger partial charge >= 0.3 is 6.01 Å². The first-order valence-electron chi connectivity index (χ1n) is 8.07. The molecule has 1 fully saturated rings. The van der Waals surface area contributed by atoms with Gasteiger partial charge in [0.1, 0.15) is 5.69 Å². The Morgan fingerprint density at radius 1 is 1.29 bits per heavy atom. The highest BCUT2D eigenvalue weighted by Gasteiger charge is 2.39.